The minimum absolute atomic E-state index is 0.138. The van der Waals surface area contributed by atoms with Gasteiger partial charge in [0.05, 0.1) is 0 Å². The molecule has 0 aliphatic rings. The summed E-state index contributed by atoms with van der Waals surface area (Å²) in [6, 6.07) is 4.90. The molecule has 0 aromatic carbocycles. The molecule has 0 saturated heterocycles. The second kappa shape index (κ2) is 2.61. The Labute approximate surface area is 67.7 Å². The van der Waals surface area contributed by atoms with Gasteiger partial charge in [0.25, 0.3) is 0 Å². The molecule has 5 nitrogen and oxygen atoms in total. The number of rotatable bonds is 1. The molecule has 60 valence electrons. The van der Waals surface area contributed by atoms with Gasteiger partial charge in [-0.25, -0.2) is 0 Å². The molecule has 1 N–H and O–H groups in total. The smallest absolute Gasteiger partial charge is 0.249 e. The summed E-state index contributed by atoms with van der Waals surface area (Å²) in [5.74, 6) is 0.660. The Kier molecular flexibility index (Phi) is 1.48. The van der Waals surface area contributed by atoms with Gasteiger partial charge in [-0.15, -0.1) is 10.2 Å². The topological polar surface area (TPSA) is 63.6 Å². The highest BCUT2D eigenvalue weighted by Crippen LogP contribution is 1.96. The largest absolute Gasteiger partial charge is 0.308 e. The highest BCUT2D eigenvalue weighted by Gasteiger charge is 1.94. The fraction of sp³-hybridized carbons (Fsp3) is 0. The zero-order chi connectivity index (χ0) is 8.39. The molecule has 0 atom stereocenters. The SMILES string of the molecule is O=c1cccc(-n2cnnc2)[nH]1. The highest BCUT2D eigenvalue weighted by molar-refractivity contribution is 5.19. The van der Waals surface area contributed by atoms with Gasteiger partial charge in [-0.3, -0.25) is 9.36 Å². The summed E-state index contributed by atoms with van der Waals surface area (Å²) < 4.78 is 1.63. The third kappa shape index (κ3) is 1.12. The normalized spacial score (nSPS) is 10.0. The molecule has 0 bridgehead atoms. The minimum atomic E-state index is -0.138. The Bertz CT molecular complexity index is 417. The maximum absolute atomic E-state index is 10.9. The van der Waals surface area contributed by atoms with E-state index in [0.717, 1.165) is 0 Å². The first-order chi connectivity index (χ1) is 5.86. The average molecular weight is 162 g/mol. The Morgan fingerprint density at radius 1 is 1.25 bits per heavy atom. The molecule has 5 heteroatoms. The molecular formula is C7H6N4O. The molecule has 0 fully saturated rings. The van der Waals surface area contributed by atoms with E-state index in [-0.39, 0.29) is 5.56 Å². The second-order valence-electron chi connectivity index (χ2n) is 2.27. The lowest BCUT2D eigenvalue weighted by Gasteiger charge is -1.97. The van der Waals surface area contributed by atoms with E-state index >= 15 is 0 Å². The Morgan fingerprint density at radius 3 is 2.67 bits per heavy atom. The molecular weight excluding hydrogens is 156 g/mol. The van der Waals surface area contributed by atoms with Crippen LogP contribution in [-0.4, -0.2) is 19.7 Å². The third-order valence-corrected chi connectivity index (χ3v) is 1.45. The highest BCUT2D eigenvalue weighted by atomic mass is 16.1. The van der Waals surface area contributed by atoms with E-state index in [4.69, 9.17) is 0 Å². The lowest BCUT2D eigenvalue weighted by molar-refractivity contribution is 0.976. The van der Waals surface area contributed by atoms with Crippen molar-refractivity contribution < 1.29 is 0 Å². The quantitative estimate of drug-likeness (QED) is 0.639. The summed E-state index contributed by atoms with van der Waals surface area (Å²) in [5.41, 5.74) is -0.138. The van der Waals surface area contributed by atoms with Crippen LogP contribution in [0.3, 0.4) is 0 Å². The van der Waals surface area contributed by atoms with Gasteiger partial charge in [-0.1, -0.05) is 6.07 Å². The van der Waals surface area contributed by atoms with E-state index in [1.807, 2.05) is 0 Å². The van der Waals surface area contributed by atoms with Crippen LogP contribution >= 0.6 is 0 Å². The van der Waals surface area contributed by atoms with Crippen LogP contribution in [0.15, 0.2) is 35.6 Å². The number of pyridine rings is 1. The van der Waals surface area contributed by atoms with E-state index in [2.05, 4.69) is 15.2 Å². The van der Waals surface area contributed by atoms with Gasteiger partial charge in [0.1, 0.15) is 18.5 Å². The van der Waals surface area contributed by atoms with E-state index in [0.29, 0.717) is 5.82 Å². The van der Waals surface area contributed by atoms with Crippen molar-refractivity contribution in [3.05, 3.63) is 41.2 Å². The molecule has 0 aliphatic heterocycles. The Balaban J connectivity index is 2.55. The van der Waals surface area contributed by atoms with Crippen LogP contribution in [0.25, 0.3) is 5.82 Å². The monoisotopic (exact) mass is 162 g/mol. The van der Waals surface area contributed by atoms with Crippen LogP contribution in [0.1, 0.15) is 0 Å². The lowest BCUT2D eigenvalue weighted by atomic mass is 10.4. The van der Waals surface area contributed by atoms with Gasteiger partial charge < -0.3 is 4.98 Å². The van der Waals surface area contributed by atoms with Crippen LogP contribution in [0.4, 0.5) is 0 Å². The van der Waals surface area contributed by atoms with Crippen LogP contribution in [0.2, 0.25) is 0 Å². The average Bonchev–Trinajstić information content (AvgIpc) is 2.56. The van der Waals surface area contributed by atoms with Crippen LogP contribution in [0.5, 0.6) is 0 Å². The summed E-state index contributed by atoms with van der Waals surface area (Å²) in [7, 11) is 0. The van der Waals surface area contributed by atoms with Crippen molar-refractivity contribution in [1.29, 1.82) is 0 Å². The zero-order valence-electron chi connectivity index (χ0n) is 6.14. The molecule has 2 aromatic rings. The first kappa shape index (κ1) is 6.78. The molecule has 0 amide bonds. The van der Waals surface area contributed by atoms with Crippen molar-refractivity contribution in [2.24, 2.45) is 0 Å². The van der Waals surface area contributed by atoms with E-state index < -0.39 is 0 Å². The molecule has 0 unspecified atom stereocenters. The Morgan fingerprint density at radius 2 is 2.00 bits per heavy atom. The maximum atomic E-state index is 10.9. The summed E-state index contributed by atoms with van der Waals surface area (Å²) in [6.07, 6.45) is 3.04. The van der Waals surface area contributed by atoms with Crippen molar-refractivity contribution in [2.75, 3.05) is 0 Å². The lowest BCUT2D eigenvalue weighted by Crippen LogP contribution is -2.07. The molecule has 0 aliphatic carbocycles. The van der Waals surface area contributed by atoms with Crippen molar-refractivity contribution in [2.45, 2.75) is 0 Å². The fourth-order valence-electron chi connectivity index (χ4n) is 0.912. The predicted molar refractivity (Wildman–Crippen MR) is 42.0 cm³/mol. The maximum Gasteiger partial charge on any atom is 0.249 e. The summed E-state index contributed by atoms with van der Waals surface area (Å²) in [6.45, 7) is 0. The van der Waals surface area contributed by atoms with Gasteiger partial charge in [-0.05, 0) is 6.07 Å². The van der Waals surface area contributed by atoms with Gasteiger partial charge in [0.15, 0.2) is 0 Å². The predicted octanol–water partition coefficient (Wildman–Crippen LogP) is -0.0444. The second-order valence-corrected chi connectivity index (χ2v) is 2.27. The number of hydrogen-bond acceptors (Lipinski definition) is 3. The van der Waals surface area contributed by atoms with Gasteiger partial charge in [0, 0.05) is 6.07 Å². The van der Waals surface area contributed by atoms with E-state index in [9.17, 15) is 4.79 Å². The zero-order valence-corrected chi connectivity index (χ0v) is 6.14. The summed E-state index contributed by atoms with van der Waals surface area (Å²) in [4.78, 5) is 13.5. The number of nitrogens with zero attached hydrogens (tertiary/aromatic N) is 3. The van der Waals surface area contributed by atoms with Gasteiger partial charge in [0.2, 0.25) is 5.56 Å². The molecule has 2 heterocycles. The Hall–Kier alpha value is -1.91. The van der Waals surface area contributed by atoms with E-state index in [1.54, 1.807) is 16.7 Å². The van der Waals surface area contributed by atoms with Gasteiger partial charge in [-0.2, -0.15) is 0 Å². The summed E-state index contributed by atoms with van der Waals surface area (Å²) >= 11 is 0. The van der Waals surface area contributed by atoms with Crippen LogP contribution < -0.4 is 5.56 Å². The summed E-state index contributed by atoms with van der Waals surface area (Å²) in [5, 5.41) is 7.24. The number of H-pyrrole nitrogens is 1. The molecule has 2 rings (SSSR count). The molecule has 2 aromatic heterocycles. The first-order valence-corrected chi connectivity index (χ1v) is 3.40. The van der Waals surface area contributed by atoms with Crippen molar-refractivity contribution in [1.82, 2.24) is 19.7 Å². The third-order valence-electron chi connectivity index (χ3n) is 1.45. The fourth-order valence-corrected chi connectivity index (χ4v) is 0.912. The molecule has 0 spiro atoms. The number of nitrogens with one attached hydrogen (secondary N) is 1. The minimum Gasteiger partial charge on any atom is -0.308 e. The van der Waals surface area contributed by atoms with Gasteiger partial charge >= 0.3 is 0 Å². The number of aromatic nitrogens is 4. The molecule has 12 heavy (non-hydrogen) atoms. The number of hydrogen-bond donors (Lipinski definition) is 1. The van der Waals surface area contributed by atoms with Crippen molar-refractivity contribution in [3.63, 3.8) is 0 Å². The van der Waals surface area contributed by atoms with Crippen LogP contribution in [0, 0.1) is 0 Å². The number of aromatic amines is 1. The van der Waals surface area contributed by atoms with Crippen molar-refractivity contribution >= 4 is 0 Å². The van der Waals surface area contributed by atoms with Crippen LogP contribution in [-0.2, 0) is 0 Å². The van der Waals surface area contributed by atoms with Crippen molar-refractivity contribution in [3.8, 4) is 5.82 Å². The standard InChI is InChI=1S/C7H6N4O/c12-7-3-1-2-6(10-7)11-4-8-9-5-11/h1-5H,(H,10,12). The first-order valence-electron chi connectivity index (χ1n) is 3.40. The van der Waals surface area contributed by atoms with E-state index in [1.165, 1.54) is 18.7 Å². The molecule has 0 saturated carbocycles. The molecule has 0 radical (unpaired) electrons.